The van der Waals surface area contributed by atoms with Gasteiger partial charge in [-0.05, 0) is 37.1 Å². The molecule has 3 aromatic rings. The van der Waals surface area contributed by atoms with Crippen molar-refractivity contribution in [1.29, 1.82) is 0 Å². The number of carbonyl (C=O) groups excluding carboxylic acids is 1. The Hall–Kier alpha value is -2.62. The highest BCUT2D eigenvalue weighted by molar-refractivity contribution is 5.94. The Morgan fingerprint density at radius 2 is 1.85 bits per heavy atom. The molecule has 20 heavy (non-hydrogen) atoms. The van der Waals surface area contributed by atoms with Crippen LogP contribution in [0.5, 0.6) is 0 Å². The number of aromatic carboxylic acids is 1. The molecule has 3 rings (SSSR count). The summed E-state index contributed by atoms with van der Waals surface area (Å²) in [5, 5.41) is 11.2. The molecule has 1 N–H and O–H groups in total. The minimum absolute atomic E-state index is 0.139. The fraction of sp³-hybridized carbons (Fsp3) is 0.125. The van der Waals surface area contributed by atoms with E-state index < -0.39 is 5.97 Å². The van der Waals surface area contributed by atoms with Gasteiger partial charge in [-0.2, -0.15) is 0 Å². The third kappa shape index (κ3) is 1.95. The molecule has 0 unspecified atom stereocenters. The number of rotatable bonds is 2. The molecule has 0 amide bonds. The monoisotopic (exact) mass is 265 g/mol. The maximum absolute atomic E-state index is 11.2. The number of hydrogen-bond donors (Lipinski definition) is 1. The van der Waals surface area contributed by atoms with E-state index in [2.05, 4.69) is 9.97 Å². The molecule has 4 nitrogen and oxygen atoms in total. The molecular weight excluding hydrogens is 252 g/mol. The first-order chi connectivity index (χ1) is 9.56. The van der Waals surface area contributed by atoms with Gasteiger partial charge in [0.15, 0.2) is 0 Å². The Labute approximate surface area is 116 Å². The second-order valence-corrected chi connectivity index (χ2v) is 4.87. The van der Waals surface area contributed by atoms with Crippen LogP contribution in [0.25, 0.3) is 22.4 Å². The maximum Gasteiger partial charge on any atom is 0.139 e. The van der Waals surface area contributed by atoms with Crippen LogP contribution in [-0.2, 0) is 0 Å². The molecule has 0 bridgehead atoms. The molecule has 0 spiro atoms. The summed E-state index contributed by atoms with van der Waals surface area (Å²) in [6.45, 7) is 4.06. The van der Waals surface area contributed by atoms with E-state index in [1.165, 1.54) is 11.6 Å². The first kappa shape index (κ1) is 12.4. The quantitative estimate of drug-likeness (QED) is 0.772. The smallest absolute Gasteiger partial charge is 0.139 e. The molecule has 100 valence electrons. The molecule has 0 aliphatic rings. The molecular formula is C16H13N2O2-. The van der Waals surface area contributed by atoms with Gasteiger partial charge in [-0.3, -0.25) is 0 Å². The number of benzene rings is 2. The van der Waals surface area contributed by atoms with Gasteiger partial charge in [0, 0.05) is 11.1 Å². The van der Waals surface area contributed by atoms with Crippen LogP contribution in [0, 0.1) is 13.8 Å². The summed E-state index contributed by atoms with van der Waals surface area (Å²) in [4.78, 5) is 18.8. The minimum atomic E-state index is -1.20. The molecule has 4 heteroatoms. The number of carbonyl (C=O) groups is 1. The first-order valence-electron chi connectivity index (χ1n) is 6.34. The number of imidazole rings is 1. The number of aromatic nitrogens is 2. The second-order valence-electron chi connectivity index (χ2n) is 4.87. The number of aryl methyl sites for hydroxylation is 2. The Morgan fingerprint density at radius 1 is 1.15 bits per heavy atom. The SMILES string of the molecule is Cc1cc2nc(-c3ccccc3C(=O)[O-])[nH]c2cc1C. The van der Waals surface area contributed by atoms with Gasteiger partial charge in [0.25, 0.3) is 0 Å². The summed E-state index contributed by atoms with van der Waals surface area (Å²) >= 11 is 0. The number of aromatic amines is 1. The van der Waals surface area contributed by atoms with Gasteiger partial charge < -0.3 is 14.9 Å². The number of fused-ring (bicyclic) bond motifs is 1. The summed E-state index contributed by atoms with van der Waals surface area (Å²) in [5.74, 6) is -0.654. The van der Waals surface area contributed by atoms with E-state index in [0.29, 0.717) is 11.4 Å². The van der Waals surface area contributed by atoms with Gasteiger partial charge in [0.1, 0.15) is 5.82 Å². The summed E-state index contributed by atoms with van der Waals surface area (Å²) in [7, 11) is 0. The van der Waals surface area contributed by atoms with E-state index in [0.717, 1.165) is 16.6 Å². The zero-order chi connectivity index (χ0) is 14.3. The number of hydrogen-bond acceptors (Lipinski definition) is 3. The van der Waals surface area contributed by atoms with Crippen LogP contribution >= 0.6 is 0 Å². The Kier molecular flexibility index (Phi) is 2.79. The topological polar surface area (TPSA) is 68.8 Å². The van der Waals surface area contributed by atoms with E-state index in [4.69, 9.17) is 0 Å². The zero-order valence-corrected chi connectivity index (χ0v) is 11.2. The molecule has 2 aromatic carbocycles. The lowest BCUT2D eigenvalue weighted by molar-refractivity contribution is -0.254. The van der Waals surface area contributed by atoms with Crippen LogP contribution < -0.4 is 5.11 Å². The van der Waals surface area contributed by atoms with Crippen molar-refractivity contribution in [3.63, 3.8) is 0 Å². The predicted octanol–water partition coefficient (Wildman–Crippen LogP) is 2.21. The largest absolute Gasteiger partial charge is 0.545 e. The predicted molar refractivity (Wildman–Crippen MR) is 75.3 cm³/mol. The molecule has 0 aliphatic carbocycles. The van der Waals surface area contributed by atoms with E-state index in [-0.39, 0.29) is 5.56 Å². The third-order valence-electron chi connectivity index (χ3n) is 3.50. The van der Waals surface area contributed by atoms with Gasteiger partial charge in [0.2, 0.25) is 0 Å². The van der Waals surface area contributed by atoms with Gasteiger partial charge >= 0.3 is 0 Å². The van der Waals surface area contributed by atoms with E-state index >= 15 is 0 Å². The van der Waals surface area contributed by atoms with Crippen molar-refractivity contribution in [2.24, 2.45) is 0 Å². The third-order valence-corrected chi connectivity index (χ3v) is 3.50. The second kappa shape index (κ2) is 4.49. The van der Waals surface area contributed by atoms with E-state index in [1.54, 1.807) is 18.2 Å². The number of nitrogens with zero attached hydrogens (tertiary/aromatic N) is 1. The van der Waals surface area contributed by atoms with Crippen molar-refractivity contribution < 1.29 is 9.90 Å². The van der Waals surface area contributed by atoms with Crippen molar-refractivity contribution in [2.45, 2.75) is 13.8 Å². The van der Waals surface area contributed by atoms with E-state index in [1.807, 2.05) is 26.0 Å². The molecule has 0 radical (unpaired) electrons. The summed E-state index contributed by atoms with van der Waals surface area (Å²) in [5.41, 5.74) is 4.73. The maximum atomic E-state index is 11.2. The molecule has 0 atom stereocenters. The highest BCUT2D eigenvalue weighted by Crippen LogP contribution is 2.25. The lowest BCUT2D eigenvalue weighted by Crippen LogP contribution is -2.23. The fourth-order valence-electron chi connectivity index (χ4n) is 2.26. The molecule has 1 aromatic heterocycles. The van der Waals surface area contributed by atoms with Gasteiger partial charge in [-0.25, -0.2) is 4.98 Å². The minimum Gasteiger partial charge on any atom is -0.545 e. The number of H-pyrrole nitrogens is 1. The number of carboxylic acid groups (broad SMARTS) is 1. The van der Waals surface area contributed by atoms with Gasteiger partial charge in [0.05, 0.1) is 17.0 Å². The fourth-order valence-corrected chi connectivity index (χ4v) is 2.26. The average molecular weight is 265 g/mol. The lowest BCUT2D eigenvalue weighted by Gasteiger charge is -2.07. The summed E-state index contributed by atoms with van der Waals surface area (Å²) in [6.07, 6.45) is 0. The van der Waals surface area contributed by atoms with Crippen LogP contribution in [0.15, 0.2) is 36.4 Å². The Balaban J connectivity index is 2.23. The molecule has 0 saturated carbocycles. The van der Waals surface area contributed by atoms with Crippen molar-refractivity contribution in [2.75, 3.05) is 0 Å². The van der Waals surface area contributed by atoms with Crippen LogP contribution in [0.3, 0.4) is 0 Å². The number of carboxylic acids is 1. The standard InChI is InChI=1S/C16H14N2O2/c1-9-7-13-14(8-10(9)2)18-15(17-13)11-5-3-4-6-12(11)16(19)20/h3-8H,1-2H3,(H,17,18)(H,19,20)/p-1. The van der Waals surface area contributed by atoms with Gasteiger partial charge in [-0.15, -0.1) is 0 Å². The van der Waals surface area contributed by atoms with Crippen LogP contribution in [0.2, 0.25) is 0 Å². The van der Waals surface area contributed by atoms with Crippen molar-refractivity contribution >= 4 is 17.0 Å². The Morgan fingerprint density at radius 3 is 2.60 bits per heavy atom. The van der Waals surface area contributed by atoms with Crippen molar-refractivity contribution in [3.05, 3.63) is 53.1 Å². The average Bonchev–Trinajstić information content (AvgIpc) is 2.82. The van der Waals surface area contributed by atoms with Crippen LogP contribution in [-0.4, -0.2) is 15.9 Å². The van der Waals surface area contributed by atoms with Crippen molar-refractivity contribution in [3.8, 4) is 11.4 Å². The number of nitrogens with one attached hydrogen (secondary N) is 1. The Bertz CT molecular complexity index is 779. The van der Waals surface area contributed by atoms with E-state index in [9.17, 15) is 9.90 Å². The summed E-state index contributed by atoms with van der Waals surface area (Å²) < 4.78 is 0. The highest BCUT2D eigenvalue weighted by atomic mass is 16.4. The zero-order valence-electron chi connectivity index (χ0n) is 11.2. The normalized spacial score (nSPS) is 10.9. The molecule has 1 heterocycles. The van der Waals surface area contributed by atoms with Crippen LogP contribution in [0.1, 0.15) is 21.5 Å². The molecule has 0 fully saturated rings. The van der Waals surface area contributed by atoms with Crippen LogP contribution in [0.4, 0.5) is 0 Å². The molecule has 0 aliphatic heterocycles. The first-order valence-corrected chi connectivity index (χ1v) is 6.34. The summed E-state index contributed by atoms with van der Waals surface area (Å²) in [6, 6.07) is 10.7. The highest BCUT2D eigenvalue weighted by Gasteiger charge is 2.10. The van der Waals surface area contributed by atoms with Crippen molar-refractivity contribution in [1.82, 2.24) is 9.97 Å². The lowest BCUT2D eigenvalue weighted by atomic mass is 10.1. The molecule has 0 saturated heterocycles. The van der Waals surface area contributed by atoms with Gasteiger partial charge in [-0.1, -0.05) is 24.3 Å².